The highest BCUT2D eigenvalue weighted by Gasteiger charge is 2.34. The van der Waals surface area contributed by atoms with Gasteiger partial charge in [-0.3, -0.25) is 9.59 Å². The minimum absolute atomic E-state index is 0.205. The number of carboxylic acids is 1. The number of carboxylic acid groups (broad SMARTS) is 1. The van der Waals surface area contributed by atoms with Crippen molar-refractivity contribution in [2.45, 2.75) is 0 Å². The van der Waals surface area contributed by atoms with E-state index in [9.17, 15) is 19.5 Å². The van der Waals surface area contributed by atoms with Gasteiger partial charge in [-0.2, -0.15) is 0 Å². The van der Waals surface area contributed by atoms with Crippen LogP contribution in [0.1, 0.15) is 5.56 Å². The Kier molecular flexibility index (Phi) is 3.19. The first-order valence-corrected chi connectivity index (χ1v) is 8.93. The number of para-hydroxylation sites is 3. The highest BCUT2D eigenvalue weighted by Crippen LogP contribution is 2.34. The van der Waals surface area contributed by atoms with Crippen molar-refractivity contribution in [1.29, 1.82) is 0 Å². The molecular weight excluding hydrogens is 366 g/mol. The highest BCUT2D eigenvalue weighted by atomic mass is 32.1. The van der Waals surface area contributed by atoms with Gasteiger partial charge in [-0.05, 0) is 18.2 Å². The van der Waals surface area contributed by atoms with Gasteiger partial charge < -0.3 is 14.8 Å². The molecule has 0 atom stereocenters. The Balaban J connectivity index is 1.87. The van der Waals surface area contributed by atoms with Gasteiger partial charge in [0.25, 0.3) is 11.5 Å². The number of anilines is 1. The van der Waals surface area contributed by atoms with Gasteiger partial charge in [-0.15, -0.1) is 0 Å². The molecule has 0 radical (unpaired) electrons. The summed E-state index contributed by atoms with van der Waals surface area (Å²) in [6.07, 6.45) is 0. The number of thiazole rings is 1. The maximum atomic E-state index is 13.1. The molecule has 3 heterocycles. The third-order valence-electron chi connectivity index (χ3n) is 4.56. The van der Waals surface area contributed by atoms with Gasteiger partial charge >= 0.3 is 0 Å². The van der Waals surface area contributed by atoms with Crippen LogP contribution >= 0.6 is 11.3 Å². The molecule has 1 aliphatic heterocycles. The van der Waals surface area contributed by atoms with E-state index in [-0.39, 0.29) is 15.7 Å². The summed E-state index contributed by atoms with van der Waals surface area (Å²) in [6, 6.07) is 14.1. The van der Waals surface area contributed by atoms with Crippen LogP contribution in [0.4, 0.5) is 5.69 Å². The Labute approximate surface area is 155 Å². The van der Waals surface area contributed by atoms with E-state index in [1.165, 1.54) is 4.40 Å². The Morgan fingerprint density at radius 1 is 1.07 bits per heavy atom. The zero-order valence-electron chi connectivity index (χ0n) is 13.7. The minimum atomic E-state index is -1.37. The van der Waals surface area contributed by atoms with E-state index in [4.69, 9.17) is 0 Å². The van der Waals surface area contributed by atoms with Gasteiger partial charge in [0.2, 0.25) is 0 Å². The van der Waals surface area contributed by atoms with Gasteiger partial charge in [0.15, 0.2) is 4.96 Å². The van der Waals surface area contributed by atoms with Crippen molar-refractivity contribution >= 4 is 50.5 Å². The number of aromatic nitrogens is 2. The van der Waals surface area contributed by atoms with Crippen molar-refractivity contribution < 1.29 is 14.7 Å². The third kappa shape index (κ3) is 2.13. The first kappa shape index (κ1) is 15.7. The fraction of sp³-hybridized carbons (Fsp3) is 0.0526. The van der Waals surface area contributed by atoms with Gasteiger partial charge in [0.1, 0.15) is 4.53 Å². The molecule has 0 bridgehead atoms. The molecule has 0 aliphatic carbocycles. The number of imidazole rings is 1. The number of hydrogen-bond donors (Lipinski definition) is 0. The van der Waals surface area contributed by atoms with Crippen molar-refractivity contribution in [1.82, 2.24) is 9.38 Å². The Morgan fingerprint density at radius 2 is 1.81 bits per heavy atom. The summed E-state index contributed by atoms with van der Waals surface area (Å²) in [6.45, 7) is -0.570. The second-order valence-electron chi connectivity index (χ2n) is 6.11. The second-order valence-corrected chi connectivity index (χ2v) is 7.09. The van der Waals surface area contributed by atoms with E-state index < -0.39 is 18.4 Å². The molecule has 1 aliphatic rings. The molecule has 0 N–H and O–H groups in total. The number of carbonyl (C=O) groups excluding carboxylic acids is 2. The number of carbonyl (C=O) groups is 2. The summed E-state index contributed by atoms with van der Waals surface area (Å²) in [5, 5.41) is 11.1. The Morgan fingerprint density at radius 3 is 2.63 bits per heavy atom. The molecular formula is C19H10N3O4S-. The summed E-state index contributed by atoms with van der Waals surface area (Å²) in [5.41, 5.74) is 2.24. The lowest BCUT2D eigenvalue weighted by Gasteiger charge is -2.17. The number of nitrogens with zero attached hydrogens (tertiary/aromatic N) is 3. The van der Waals surface area contributed by atoms with Crippen LogP contribution in [0.15, 0.2) is 53.3 Å². The van der Waals surface area contributed by atoms with Crippen LogP contribution in [0.25, 0.3) is 21.6 Å². The number of fused-ring (bicyclic) bond motifs is 4. The average molecular weight is 376 g/mol. The van der Waals surface area contributed by atoms with Gasteiger partial charge in [0, 0.05) is 5.56 Å². The average Bonchev–Trinajstić information content (AvgIpc) is 3.25. The molecule has 27 heavy (non-hydrogen) atoms. The zero-order valence-corrected chi connectivity index (χ0v) is 14.5. The first-order chi connectivity index (χ1) is 13.1. The van der Waals surface area contributed by atoms with Crippen LogP contribution in [-0.2, 0) is 9.59 Å². The van der Waals surface area contributed by atoms with E-state index in [0.717, 1.165) is 16.2 Å². The minimum Gasteiger partial charge on any atom is -0.548 e. The predicted molar refractivity (Wildman–Crippen MR) is 98.4 cm³/mol. The van der Waals surface area contributed by atoms with Crippen LogP contribution in [0.5, 0.6) is 0 Å². The van der Waals surface area contributed by atoms with Crippen molar-refractivity contribution in [3.8, 4) is 0 Å². The third-order valence-corrected chi connectivity index (χ3v) is 5.60. The van der Waals surface area contributed by atoms with E-state index >= 15 is 0 Å². The van der Waals surface area contributed by atoms with Gasteiger partial charge in [-0.1, -0.05) is 41.7 Å². The van der Waals surface area contributed by atoms with Gasteiger partial charge in [0.05, 0.1) is 34.8 Å². The molecule has 0 unspecified atom stereocenters. The molecule has 1 amide bonds. The van der Waals surface area contributed by atoms with Crippen molar-refractivity contribution in [2.24, 2.45) is 0 Å². The van der Waals surface area contributed by atoms with Crippen molar-refractivity contribution in [3.63, 3.8) is 0 Å². The first-order valence-electron chi connectivity index (χ1n) is 8.11. The number of aliphatic carboxylic acids is 1. The van der Waals surface area contributed by atoms with Crippen LogP contribution in [0, 0.1) is 0 Å². The SMILES string of the molecule is O=C([O-])CN1C(=O)/C(=c2/sc3nc4ccccc4n3c2=O)c2ccccc21. The van der Waals surface area contributed by atoms with Crippen LogP contribution in [-0.4, -0.2) is 27.8 Å². The molecule has 5 rings (SSSR count). The second kappa shape index (κ2) is 5.49. The van der Waals surface area contributed by atoms with E-state index in [0.29, 0.717) is 27.2 Å². The summed E-state index contributed by atoms with van der Waals surface area (Å²) in [7, 11) is 0. The molecule has 8 heteroatoms. The summed E-state index contributed by atoms with van der Waals surface area (Å²) in [4.78, 5) is 43.2. The smallest absolute Gasteiger partial charge is 0.275 e. The van der Waals surface area contributed by atoms with Crippen LogP contribution in [0.3, 0.4) is 0 Å². The van der Waals surface area contributed by atoms with E-state index in [2.05, 4.69) is 4.98 Å². The lowest BCUT2D eigenvalue weighted by atomic mass is 10.1. The van der Waals surface area contributed by atoms with E-state index in [1.54, 1.807) is 30.3 Å². The van der Waals surface area contributed by atoms with Crippen LogP contribution < -0.4 is 20.1 Å². The molecule has 2 aromatic heterocycles. The largest absolute Gasteiger partial charge is 0.548 e. The standard InChI is InChI=1S/C19H11N3O4S/c23-14(24)9-21-12-7-3-1-5-10(12)15(17(21)25)16-18(26)22-13-8-4-2-6-11(13)20-19(22)27-16/h1-8H,9H2,(H,23,24)/p-1/b16-15+. The zero-order chi connectivity index (χ0) is 18.7. The van der Waals surface area contributed by atoms with Crippen LogP contribution in [0.2, 0.25) is 0 Å². The molecule has 132 valence electrons. The maximum absolute atomic E-state index is 13.1. The fourth-order valence-electron chi connectivity index (χ4n) is 3.45. The fourth-order valence-corrected chi connectivity index (χ4v) is 4.53. The monoisotopic (exact) mass is 376 g/mol. The summed E-state index contributed by atoms with van der Waals surface area (Å²) < 4.78 is 1.74. The molecule has 0 spiro atoms. The number of amides is 1. The Hall–Kier alpha value is -3.52. The molecule has 0 saturated carbocycles. The number of rotatable bonds is 2. The van der Waals surface area contributed by atoms with Gasteiger partial charge in [-0.25, -0.2) is 9.38 Å². The lowest BCUT2D eigenvalue weighted by molar-refractivity contribution is -0.303. The lowest BCUT2D eigenvalue weighted by Crippen LogP contribution is -2.40. The topological polar surface area (TPSA) is 94.8 Å². The number of hydrogen-bond acceptors (Lipinski definition) is 6. The quantitative estimate of drug-likeness (QED) is 0.488. The molecule has 7 nitrogen and oxygen atoms in total. The van der Waals surface area contributed by atoms with E-state index in [1.807, 2.05) is 18.2 Å². The summed E-state index contributed by atoms with van der Waals surface area (Å²) >= 11 is 1.13. The normalized spacial score (nSPS) is 15.7. The van der Waals surface area contributed by atoms with Crippen molar-refractivity contribution in [3.05, 3.63) is 69.0 Å². The molecule has 2 aromatic carbocycles. The molecule has 0 saturated heterocycles. The van der Waals surface area contributed by atoms with Crippen molar-refractivity contribution in [2.75, 3.05) is 11.4 Å². The summed E-state index contributed by atoms with van der Waals surface area (Å²) in [5.74, 6) is -1.89. The molecule has 0 fully saturated rings. The Bertz CT molecular complexity index is 1390. The number of benzene rings is 2. The highest BCUT2D eigenvalue weighted by molar-refractivity contribution is 7.15. The molecule has 4 aromatic rings. The predicted octanol–water partition coefficient (Wildman–Crippen LogP) is -0.0764. The maximum Gasteiger partial charge on any atom is 0.275 e.